The summed E-state index contributed by atoms with van der Waals surface area (Å²) in [6, 6.07) is 26.2. The molecule has 2 heterocycles. The molecule has 2 saturated carbocycles. The van der Waals surface area contributed by atoms with Crippen molar-refractivity contribution in [3.8, 4) is 28.7 Å². The third kappa shape index (κ3) is 10.4. The van der Waals surface area contributed by atoms with Crippen LogP contribution in [0, 0.1) is 17.8 Å². The van der Waals surface area contributed by atoms with Gasteiger partial charge in [0, 0.05) is 42.6 Å². The van der Waals surface area contributed by atoms with Gasteiger partial charge in [0.1, 0.15) is 5.75 Å². The van der Waals surface area contributed by atoms with E-state index in [0.717, 1.165) is 88.2 Å². The van der Waals surface area contributed by atoms with Crippen molar-refractivity contribution in [1.29, 1.82) is 0 Å². The number of rotatable bonds is 12. The first-order valence-electron chi connectivity index (χ1n) is 25.2. The third-order valence-corrected chi connectivity index (χ3v) is 18.5. The van der Waals surface area contributed by atoms with E-state index in [2.05, 4.69) is 41.5 Å². The zero-order valence-corrected chi connectivity index (χ0v) is 42.5. The average molecular weight is 1000 g/mol. The quantitative estimate of drug-likeness (QED) is 0.0544. The normalized spacial score (nSPS) is 24.4. The number of aromatic hydroxyl groups is 3. The van der Waals surface area contributed by atoms with Gasteiger partial charge in [-0.1, -0.05) is 83.5 Å². The number of aromatic amines is 1. The summed E-state index contributed by atoms with van der Waals surface area (Å²) in [6.07, 6.45) is 8.24. The van der Waals surface area contributed by atoms with Gasteiger partial charge in [-0.05, 0) is 168 Å². The van der Waals surface area contributed by atoms with E-state index in [1.807, 2.05) is 36.7 Å². The van der Waals surface area contributed by atoms with Crippen LogP contribution < -0.4 is 14.8 Å². The summed E-state index contributed by atoms with van der Waals surface area (Å²) in [4.78, 5) is 19.7. The van der Waals surface area contributed by atoms with Gasteiger partial charge in [-0.15, -0.1) is 0 Å². The molecule has 11 nitrogen and oxygen atoms in total. The lowest BCUT2D eigenvalue weighted by molar-refractivity contribution is -0.149. The van der Waals surface area contributed by atoms with E-state index in [4.69, 9.17) is 9.47 Å². The molecule has 9 rings (SSSR count). The van der Waals surface area contributed by atoms with Gasteiger partial charge in [-0.25, -0.2) is 0 Å². The Balaban J connectivity index is 1.22. The molecule has 376 valence electrons. The van der Waals surface area contributed by atoms with Gasteiger partial charge in [0.2, 0.25) is 0 Å². The van der Waals surface area contributed by atoms with Gasteiger partial charge >= 0.3 is 0 Å². The molecule has 13 heteroatoms. The molecule has 0 radical (unpaired) electrons. The number of benzene rings is 5. The number of aryl methyl sites for hydroxylation is 1. The minimum Gasteiger partial charge on any atom is -0.508 e. The lowest BCUT2D eigenvalue weighted by Gasteiger charge is -2.49. The van der Waals surface area contributed by atoms with Crippen molar-refractivity contribution >= 4 is 38.1 Å². The molecule has 0 amide bonds. The van der Waals surface area contributed by atoms with E-state index in [0.29, 0.717) is 54.2 Å². The maximum atomic E-state index is 16.5. The number of ether oxygens (including phenoxy) is 2. The number of phenolic OH excluding ortho intramolecular Hbond substituents is 3. The van der Waals surface area contributed by atoms with Crippen LogP contribution in [0.1, 0.15) is 101 Å². The highest BCUT2D eigenvalue weighted by Gasteiger charge is 2.58. The molecule has 0 unspecified atom stereocenters. The number of H-pyrrole nitrogens is 1. The molecule has 0 spiro atoms. The highest BCUT2D eigenvalue weighted by molar-refractivity contribution is 8.76. The first-order chi connectivity index (χ1) is 34.5. The zero-order chi connectivity index (χ0) is 49.8. The van der Waals surface area contributed by atoms with E-state index in [-0.39, 0.29) is 53.8 Å². The molecule has 0 saturated heterocycles. The number of aliphatic hydroxyl groups is 3. The molecule has 1 aromatic heterocycles. The van der Waals surface area contributed by atoms with E-state index in [9.17, 15) is 30.6 Å². The minimum atomic E-state index is -1.66. The van der Waals surface area contributed by atoms with Crippen LogP contribution in [-0.4, -0.2) is 86.2 Å². The fourth-order valence-electron chi connectivity index (χ4n) is 12.1. The fraction of sp³-hybridized carbons (Fsp3) is 0.431. The molecule has 1 aliphatic heterocycles. The van der Waals surface area contributed by atoms with Crippen LogP contribution in [0.15, 0.2) is 97.3 Å². The Labute approximate surface area is 424 Å². The number of Topliss-reactive ketones (excluding diaryl/α,β-unsaturated/α-hetero) is 1. The first-order valence-corrected chi connectivity index (χ1v) is 27.6. The van der Waals surface area contributed by atoms with E-state index in [1.54, 1.807) is 61.3 Å². The predicted octanol–water partition coefficient (Wildman–Crippen LogP) is 9.81. The number of ketones is 1. The maximum absolute atomic E-state index is 16.5. The largest absolute Gasteiger partial charge is 0.508 e. The Kier molecular flexibility index (Phi) is 16.0. The molecule has 7 atom stereocenters. The Morgan fingerprint density at radius 1 is 0.887 bits per heavy atom. The predicted molar refractivity (Wildman–Crippen MR) is 283 cm³/mol. The molecule has 2 aliphatic carbocycles. The van der Waals surface area contributed by atoms with Crippen molar-refractivity contribution in [2.24, 2.45) is 17.8 Å². The SMILES string of the molecule is CCc1ccc2cccc3c2c1Cc1c(ccc(O)c1OC)C[C@@H](Cc1cc[nH]c1)[C@H](O)[C@@H]1C(=O)[C@](Cc2ccc(O)c(OC4CCCCC4)c2)(c2cc(O)cc(CNC)c2)[C@@H](O)C[C@H]1CSS[C@H]3CO. The molecule has 8 N–H and O–H groups in total. The smallest absolute Gasteiger partial charge is 0.164 e. The van der Waals surface area contributed by atoms with Gasteiger partial charge in [0.25, 0.3) is 0 Å². The number of fused-ring (bicyclic) bond motifs is 2. The first kappa shape index (κ1) is 50.8. The third-order valence-electron chi connectivity index (χ3n) is 15.6. The van der Waals surface area contributed by atoms with Gasteiger partial charge in [0.05, 0.1) is 42.7 Å². The highest BCUT2D eigenvalue weighted by Crippen LogP contribution is 2.52. The van der Waals surface area contributed by atoms with E-state index in [1.165, 1.54) is 10.8 Å². The highest BCUT2D eigenvalue weighted by atomic mass is 33.1. The summed E-state index contributed by atoms with van der Waals surface area (Å²) >= 11 is 0. The summed E-state index contributed by atoms with van der Waals surface area (Å²) in [5, 5.41) is 76.6. The molecule has 71 heavy (non-hydrogen) atoms. The number of nitrogens with one attached hydrogen (secondary N) is 2. The van der Waals surface area contributed by atoms with Crippen LogP contribution in [0.25, 0.3) is 10.8 Å². The number of methoxy groups -OCH3 is 1. The van der Waals surface area contributed by atoms with Gasteiger partial charge < -0.3 is 50.4 Å². The van der Waals surface area contributed by atoms with Crippen molar-refractivity contribution in [1.82, 2.24) is 10.3 Å². The molecule has 2 fully saturated rings. The van der Waals surface area contributed by atoms with Gasteiger partial charge in [-0.3, -0.25) is 4.79 Å². The second-order valence-electron chi connectivity index (χ2n) is 20.0. The number of carbonyl (C=O) groups is 1. The summed E-state index contributed by atoms with van der Waals surface area (Å²) < 4.78 is 12.5. The van der Waals surface area contributed by atoms with Crippen LogP contribution in [0.3, 0.4) is 0 Å². The molecule has 3 aliphatic rings. The Hall–Kier alpha value is -5.15. The lowest BCUT2D eigenvalue weighted by atomic mass is 9.55. The molecule has 0 bridgehead atoms. The van der Waals surface area contributed by atoms with Crippen molar-refractivity contribution in [3.05, 3.63) is 147 Å². The molecular formula is C58H68N2O9S2. The topological polar surface area (TPSA) is 185 Å². The lowest BCUT2D eigenvalue weighted by Crippen LogP contribution is -2.61. The van der Waals surface area contributed by atoms with Crippen LogP contribution in [0.2, 0.25) is 0 Å². The van der Waals surface area contributed by atoms with E-state index < -0.39 is 35.4 Å². The van der Waals surface area contributed by atoms with Crippen LogP contribution in [0.5, 0.6) is 28.7 Å². The van der Waals surface area contributed by atoms with Crippen LogP contribution in [-0.2, 0) is 48.9 Å². The van der Waals surface area contributed by atoms with Crippen molar-refractivity contribution in [2.45, 2.75) is 113 Å². The van der Waals surface area contributed by atoms with Crippen LogP contribution >= 0.6 is 21.6 Å². The van der Waals surface area contributed by atoms with Gasteiger partial charge in [0.15, 0.2) is 28.8 Å². The Bertz CT molecular complexity index is 2810. The molecular weight excluding hydrogens is 933 g/mol. The van der Waals surface area contributed by atoms with E-state index >= 15 is 4.79 Å². The van der Waals surface area contributed by atoms with Crippen molar-refractivity contribution < 1.29 is 44.9 Å². The number of aliphatic hydroxyl groups excluding tert-OH is 3. The number of aromatic nitrogens is 1. The monoisotopic (exact) mass is 1000 g/mol. The summed E-state index contributed by atoms with van der Waals surface area (Å²) in [7, 11) is 6.44. The maximum Gasteiger partial charge on any atom is 0.164 e. The van der Waals surface area contributed by atoms with Crippen molar-refractivity contribution in [2.75, 3.05) is 26.5 Å². The standard InChI is InChI=1S/C58H68N2O9S2/c1-4-37-14-15-38-9-8-12-45-51(32-61)71-70-33-41-26-52(65)58(42-22-36(30-59-2)23-43(62)27-42,29-34-13-17-48(63)50(24-34)69-44-10-6-5-7-11-44)57(67)54(41)55(66)40(21-35-19-20-60-31-35)25-39-16-18-49(64)56(68-3)47(39)28-46(37)53(38)45/h8-9,12-20,22-24,27,31,40-41,44,51-52,54-55,59-66H,4-7,10-11,21,25-26,28-30,32-33H2,1-3H3/t40-,41+,51+,52+,54-,55+,58-/m1/s1. The zero-order valence-electron chi connectivity index (χ0n) is 40.9. The number of hydrogen-bond donors (Lipinski definition) is 8. The Morgan fingerprint density at radius 2 is 1.70 bits per heavy atom. The number of phenols is 3. The Morgan fingerprint density at radius 3 is 2.45 bits per heavy atom. The summed E-state index contributed by atoms with van der Waals surface area (Å²) in [5.74, 6) is -1.40. The summed E-state index contributed by atoms with van der Waals surface area (Å²) in [6.45, 7) is 2.37. The van der Waals surface area contributed by atoms with Crippen molar-refractivity contribution in [3.63, 3.8) is 0 Å². The average Bonchev–Trinajstić information content (AvgIpc) is 3.89. The minimum absolute atomic E-state index is 0.00261. The summed E-state index contributed by atoms with van der Waals surface area (Å²) in [5.41, 5.74) is 5.95. The fourth-order valence-corrected chi connectivity index (χ4v) is 15.0. The van der Waals surface area contributed by atoms with Crippen LogP contribution in [0.4, 0.5) is 0 Å². The molecule has 5 aromatic carbocycles. The number of hydrogen-bond acceptors (Lipinski definition) is 12. The molecule has 6 aromatic rings. The second-order valence-corrected chi connectivity index (χ2v) is 22.6. The van der Waals surface area contributed by atoms with Gasteiger partial charge in [-0.2, -0.15) is 0 Å². The number of carbonyl (C=O) groups excluding carboxylic acids is 1. The second kappa shape index (κ2) is 22.3.